The number of hydrogen-bond acceptors (Lipinski definition) is 5. The average Bonchev–Trinajstić information content (AvgIpc) is 2.80. The van der Waals surface area contributed by atoms with Crippen molar-refractivity contribution in [3.63, 3.8) is 0 Å². The number of rotatable bonds is 3. The maximum atomic E-state index is 12.2. The summed E-state index contributed by atoms with van der Waals surface area (Å²) in [4.78, 5) is 24.1. The van der Waals surface area contributed by atoms with Crippen LogP contribution in [-0.4, -0.2) is 18.9 Å². The molecule has 1 aromatic heterocycles. The highest BCUT2D eigenvalue weighted by Gasteiger charge is 2.19. The number of carbonyl (C=O) groups is 2. The molecule has 0 amide bonds. The predicted molar refractivity (Wildman–Crippen MR) is 74.7 cm³/mol. The summed E-state index contributed by atoms with van der Waals surface area (Å²) in [7, 11) is 1.28. The molecule has 0 aliphatic heterocycles. The van der Waals surface area contributed by atoms with Gasteiger partial charge in [0.2, 0.25) is 5.78 Å². The minimum Gasteiger partial charge on any atom is -0.465 e. The molecule has 2 N–H and O–H groups in total. The number of methoxy groups -OCH3 is 1. The van der Waals surface area contributed by atoms with Crippen molar-refractivity contribution in [1.29, 1.82) is 0 Å². The second kappa shape index (κ2) is 5.24. The molecular formula is C14H13NO3S. The van der Waals surface area contributed by atoms with Crippen LogP contribution < -0.4 is 5.73 Å². The number of carbonyl (C=O) groups excluding carboxylic acids is 2. The quantitative estimate of drug-likeness (QED) is 0.690. The Hall–Kier alpha value is -2.14. The number of benzene rings is 1. The molecule has 1 heterocycles. The van der Waals surface area contributed by atoms with Crippen LogP contribution in [0.3, 0.4) is 0 Å². The molecule has 0 radical (unpaired) electrons. The Labute approximate surface area is 114 Å². The maximum Gasteiger partial charge on any atom is 0.340 e. The van der Waals surface area contributed by atoms with E-state index >= 15 is 0 Å². The molecule has 2 aromatic rings. The normalized spacial score (nSPS) is 10.2. The number of anilines is 1. The molecule has 19 heavy (non-hydrogen) atoms. The zero-order valence-corrected chi connectivity index (χ0v) is 11.4. The van der Waals surface area contributed by atoms with Gasteiger partial charge < -0.3 is 10.5 Å². The molecular weight excluding hydrogens is 262 g/mol. The van der Waals surface area contributed by atoms with Gasteiger partial charge in [-0.2, -0.15) is 0 Å². The van der Waals surface area contributed by atoms with Gasteiger partial charge in [-0.15, -0.1) is 11.3 Å². The van der Waals surface area contributed by atoms with Gasteiger partial charge in [-0.1, -0.05) is 29.8 Å². The molecule has 0 spiro atoms. The Morgan fingerprint density at radius 1 is 1.21 bits per heavy atom. The molecule has 0 atom stereocenters. The molecule has 5 heteroatoms. The predicted octanol–water partition coefficient (Wildman–Crippen LogP) is 2.66. The molecule has 0 aliphatic carbocycles. The molecule has 1 aromatic carbocycles. The average molecular weight is 275 g/mol. The van der Waals surface area contributed by atoms with Crippen molar-refractivity contribution in [2.75, 3.05) is 12.8 Å². The van der Waals surface area contributed by atoms with Crippen LogP contribution in [0.4, 0.5) is 5.00 Å². The van der Waals surface area contributed by atoms with Gasteiger partial charge in [0.05, 0.1) is 17.6 Å². The first kappa shape index (κ1) is 13.3. The third-order valence-corrected chi connectivity index (χ3v) is 3.67. The first-order valence-electron chi connectivity index (χ1n) is 5.62. The highest BCUT2D eigenvalue weighted by Crippen LogP contribution is 2.27. The molecule has 0 fully saturated rings. The van der Waals surface area contributed by atoms with Crippen molar-refractivity contribution in [1.82, 2.24) is 0 Å². The third kappa shape index (κ3) is 2.66. The van der Waals surface area contributed by atoms with Crippen molar-refractivity contribution in [2.24, 2.45) is 0 Å². The smallest absolute Gasteiger partial charge is 0.340 e. The monoisotopic (exact) mass is 275 g/mol. The summed E-state index contributed by atoms with van der Waals surface area (Å²) in [5.74, 6) is -0.677. The standard InChI is InChI=1S/C14H13NO3S/c1-8-3-5-9(6-4-8)12(16)11-7-10(13(15)19-11)14(17)18-2/h3-7H,15H2,1-2H3. The zero-order valence-electron chi connectivity index (χ0n) is 10.6. The van der Waals surface area contributed by atoms with Gasteiger partial charge in [0.15, 0.2) is 0 Å². The summed E-state index contributed by atoms with van der Waals surface area (Å²) >= 11 is 1.09. The van der Waals surface area contributed by atoms with Gasteiger partial charge in [0.1, 0.15) is 5.00 Å². The van der Waals surface area contributed by atoms with Gasteiger partial charge in [-0.25, -0.2) is 4.79 Å². The van der Waals surface area contributed by atoms with Crippen LogP contribution in [-0.2, 0) is 4.74 Å². The molecule has 4 nitrogen and oxygen atoms in total. The number of nitrogen functional groups attached to an aromatic ring is 1. The lowest BCUT2D eigenvalue weighted by Gasteiger charge is -1.98. The summed E-state index contributed by atoms with van der Waals surface area (Å²) in [5, 5.41) is 0.294. The van der Waals surface area contributed by atoms with E-state index in [1.54, 1.807) is 12.1 Å². The van der Waals surface area contributed by atoms with E-state index in [-0.39, 0.29) is 11.3 Å². The number of hydrogen-bond donors (Lipinski definition) is 1. The Kier molecular flexibility index (Phi) is 3.66. The van der Waals surface area contributed by atoms with E-state index in [0.29, 0.717) is 15.4 Å². The summed E-state index contributed by atoms with van der Waals surface area (Å²) in [6, 6.07) is 8.72. The van der Waals surface area contributed by atoms with Crippen LogP contribution in [0.25, 0.3) is 0 Å². The van der Waals surface area contributed by atoms with E-state index in [2.05, 4.69) is 4.74 Å². The largest absolute Gasteiger partial charge is 0.465 e. The van der Waals surface area contributed by atoms with E-state index in [1.165, 1.54) is 13.2 Å². The van der Waals surface area contributed by atoms with E-state index in [4.69, 9.17) is 5.73 Å². The van der Waals surface area contributed by atoms with Crippen molar-refractivity contribution < 1.29 is 14.3 Å². The molecule has 0 saturated carbocycles. The van der Waals surface area contributed by atoms with Crippen LogP contribution in [0.1, 0.15) is 31.2 Å². The van der Waals surface area contributed by atoms with E-state index in [1.807, 2.05) is 19.1 Å². The maximum absolute atomic E-state index is 12.2. The van der Waals surface area contributed by atoms with Gasteiger partial charge in [0, 0.05) is 5.56 Å². The first-order chi connectivity index (χ1) is 9.02. The van der Waals surface area contributed by atoms with Crippen LogP contribution in [0, 0.1) is 6.92 Å². The Balaban J connectivity index is 2.34. The summed E-state index contributed by atoms with van der Waals surface area (Å²) in [6.07, 6.45) is 0. The minimum atomic E-state index is -0.531. The summed E-state index contributed by atoms with van der Waals surface area (Å²) in [6.45, 7) is 1.95. The highest BCUT2D eigenvalue weighted by atomic mass is 32.1. The van der Waals surface area contributed by atoms with Crippen LogP contribution in [0.15, 0.2) is 30.3 Å². The molecule has 0 unspecified atom stereocenters. The van der Waals surface area contributed by atoms with Gasteiger partial charge in [0.25, 0.3) is 0 Å². The Bertz CT molecular complexity index is 629. The highest BCUT2D eigenvalue weighted by molar-refractivity contribution is 7.18. The number of ether oxygens (including phenoxy) is 1. The fraction of sp³-hybridized carbons (Fsp3) is 0.143. The van der Waals surface area contributed by atoms with E-state index in [0.717, 1.165) is 16.9 Å². The first-order valence-corrected chi connectivity index (χ1v) is 6.43. The number of nitrogens with two attached hydrogens (primary N) is 1. The van der Waals surface area contributed by atoms with E-state index < -0.39 is 5.97 Å². The van der Waals surface area contributed by atoms with Gasteiger partial charge in [-0.05, 0) is 13.0 Å². The Morgan fingerprint density at radius 3 is 2.42 bits per heavy atom. The second-order valence-electron chi connectivity index (χ2n) is 4.08. The van der Waals surface area contributed by atoms with Crippen LogP contribution >= 0.6 is 11.3 Å². The second-order valence-corrected chi connectivity index (χ2v) is 5.16. The molecule has 98 valence electrons. The topological polar surface area (TPSA) is 69.4 Å². The summed E-state index contributed by atoms with van der Waals surface area (Å²) < 4.78 is 4.61. The Morgan fingerprint density at radius 2 is 1.84 bits per heavy atom. The molecule has 0 bridgehead atoms. The SMILES string of the molecule is COC(=O)c1cc(C(=O)c2ccc(C)cc2)sc1N. The van der Waals surface area contributed by atoms with E-state index in [9.17, 15) is 9.59 Å². The lowest BCUT2D eigenvalue weighted by molar-refractivity contribution is 0.0602. The van der Waals surface area contributed by atoms with Crippen molar-refractivity contribution >= 4 is 28.1 Å². The van der Waals surface area contributed by atoms with Gasteiger partial charge in [-0.3, -0.25) is 4.79 Å². The van der Waals surface area contributed by atoms with Crippen molar-refractivity contribution in [2.45, 2.75) is 6.92 Å². The van der Waals surface area contributed by atoms with Crippen molar-refractivity contribution in [3.05, 3.63) is 51.9 Å². The number of esters is 1. The lowest BCUT2D eigenvalue weighted by atomic mass is 10.1. The third-order valence-electron chi connectivity index (χ3n) is 2.70. The molecule has 2 rings (SSSR count). The number of thiophene rings is 1. The van der Waals surface area contributed by atoms with Gasteiger partial charge >= 0.3 is 5.97 Å². The minimum absolute atomic E-state index is 0.146. The number of aryl methyl sites for hydroxylation is 1. The molecule has 0 aliphatic rings. The van der Waals surface area contributed by atoms with Crippen LogP contribution in [0.2, 0.25) is 0 Å². The van der Waals surface area contributed by atoms with Crippen LogP contribution in [0.5, 0.6) is 0 Å². The fourth-order valence-corrected chi connectivity index (χ4v) is 2.51. The zero-order chi connectivity index (χ0) is 14.0. The summed E-state index contributed by atoms with van der Waals surface area (Å²) in [5.41, 5.74) is 7.62. The lowest BCUT2D eigenvalue weighted by Crippen LogP contribution is -2.02. The fourth-order valence-electron chi connectivity index (χ4n) is 1.63. The molecule has 0 saturated heterocycles. The van der Waals surface area contributed by atoms with Crippen molar-refractivity contribution in [3.8, 4) is 0 Å². The number of ketones is 1.